The molecule has 0 spiro atoms. The highest BCUT2D eigenvalue weighted by molar-refractivity contribution is 5.50. The van der Waals surface area contributed by atoms with Crippen molar-refractivity contribution in [2.45, 2.75) is 6.42 Å². The molecule has 1 aromatic carbocycles. The van der Waals surface area contributed by atoms with Gasteiger partial charge in [0.15, 0.2) is 0 Å². The first-order valence-electron chi connectivity index (χ1n) is 5.00. The Hall–Kier alpha value is -2.37. The maximum Gasteiger partial charge on any atom is 0.271 e. The minimum Gasteiger partial charge on any atom is -0.319 e. The zero-order chi connectivity index (χ0) is 12.7. The number of nitro benzene ring substituents is 1. The van der Waals surface area contributed by atoms with Crippen molar-refractivity contribution in [3.05, 3.63) is 39.4 Å². The molecule has 0 unspecified atom stereocenters. The molecule has 5 heteroatoms. The van der Waals surface area contributed by atoms with Crippen molar-refractivity contribution in [3.8, 4) is 17.9 Å². The molecule has 0 aliphatic heterocycles. The largest absolute Gasteiger partial charge is 0.319 e. The third-order valence-corrected chi connectivity index (χ3v) is 1.99. The average Bonchev–Trinajstić information content (AvgIpc) is 2.34. The van der Waals surface area contributed by atoms with E-state index < -0.39 is 4.92 Å². The average molecular weight is 229 g/mol. The zero-order valence-corrected chi connectivity index (χ0v) is 9.36. The van der Waals surface area contributed by atoms with Gasteiger partial charge in [0.25, 0.3) is 5.69 Å². The Morgan fingerprint density at radius 2 is 2.12 bits per heavy atom. The fourth-order valence-electron chi connectivity index (χ4n) is 1.21. The van der Waals surface area contributed by atoms with Crippen molar-refractivity contribution in [2.24, 2.45) is 0 Å². The number of rotatable bonds is 3. The molecule has 0 atom stereocenters. The monoisotopic (exact) mass is 229 g/mol. The minimum atomic E-state index is -0.528. The van der Waals surface area contributed by atoms with Crippen molar-refractivity contribution < 1.29 is 4.92 Å². The molecular weight excluding hydrogens is 218 g/mol. The molecule has 0 bridgehead atoms. The fraction of sp³-hybridized carbons (Fsp3) is 0.250. The summed E-state index contributed by atoms with van der Waals surface area (Å²) in [6.07, 6.45) is 0.654. The van der Waals surface area contributed by atoms with Crippen LogP contribution >= 0.6 is 0 Å². The second kappa shape index (κ2) is 6.26. The van der Waals surface area contributed by atoms with Crippen LogP contribution < -0.4 is 5.32 Å². The van der Waals surface area contributed by atoms with Gasteiger partial charge in [-0.1, -0.05) is 11.8 Å². The van der Waals surface area contributed by atoms with Crippen LogP contribution in [0.4, 0.5) is 5.69 Å². The lowest BCUT2D eigenvalue weighted by Crippen LogP contribution is -2.05. The molecule has 5 nitrogen and oxygen atoms in total. The topological polar surface area (TPSA) is 79.0 Å². The molecule has 1 N–H and O–H groups in total. The van der Waals surface area contributed by atoms with Crippen LogP contribution in [0.3, 0.4) is 0 Å². The van der Waals surface area contributed by atoms with Crippen LogP contribution in [0, 0.1) is 33.3 Å². The molecule has 0 aromatic heterocycles. The minimum absolute atomic E-state index is 0.109. The Morgan fingerprint density at radius 3 is 2.71 bits per heavy atom. The van der Waals surface area contributed by atoms with Gasteiger partial charge in [0.05, 0.1) is 16.6 Å². The highest BCUT2D eigenvalue weighted by atomic mass is 16.6. The predicted octanol–water partition coefficient (Wildman–Crippen LogP) is 1.43. The molecule has 0 aliphatic rings. The molecule has 0 radical (unpaired) electrons. The van der Waals surface area contributed by atoms with Crippen LogP contribution in [0.25, 0.3) is 0 Å². The molecular formula is C12H11N3O2. The van der Waals surface area contributed by atoms with E-state index in [1.165, 1.54) is 12.1 Å². The van der Waals surface area contributed by atoms with Crippen molar-refractivity contribution in [1.29, 1.82) is 5.26 Å². The van der Waals surface area contributed by atoms with Gasteiger partial charge >= 0.3 is 0 Å². The molecule has 0 fully saturated rings. The van der Waals surface area contributed by atoms with Gasteiger partial charge in [-0.3, -0.25) is 10.1 Å². The van der Waals surface area contributed by atoms with Gasteiger partial charge in [0.1, 0.15) is 0 Å². The SMILES string of the molecule is CNCCC#Cc1cc(C#N)cc([N+](=O)[O-])c1. The number of nitro groups is 1. The van der Waals surface area contributed by atoms with Gasteiger partial charge in [0.2, 0.25) is 0 Å². The first kappa shape index (κ1) is 12.7. The van der Waals surface area contributed by atoms with E-state index in [4.69, 9.17) is 5.26 Å². The number of benzene rings is 1. The van der Waals surface area contributed by atoms with Crippen LogP contribution in [0.1, 0.15) is 17.5 Å². The van der Waals surface area contributed by atoms with Crippen LogP contribution in [-0.2, 0) is 0 Å². The van der Waals surface area contributed by atoms with Gasteiger partial charge in [-0.15, -0.1) is 0 Å². The first-order valence-corrected chi connectivity index (χ1v) is 5.00. The van der Waals surface area contributed by atoms with Crippen LogP contribution in [0.5, 0.6) is 0 Å². The van der Waals surface area contributed by atoms with E-state index in [2.05, 4.69) is 17.2 Å². The first-order chi connectivity index (χ1) is 8.17. The molecule has 0 saturated carbocycles. The molecule has 1 aromatic rings. The Balaban J connectivity index is 2.98. The third-order valence-electron chi connectivity index (χ3n) is 1.99. The second-order valence-electron chi connectivity index (χ2n) is 3.29. The Labute approximate surface area is 99.2 Å². The highest BCUT2D eigenvalue weighted by Crippen LogP contribution is 2.16. The van der Waals surface area contributed by atoms with Crippen LogP contribution in [-0.4, -0.2) is 18.5 Å². The van der Waals surface area contributed by atoms with Gasteiger partial charge in [-0.2, -0.15) is 5.26 Å². The Bertz CT molecular complexity index is 521. The van der Waals surface area contributed by atoms with E-state index >= 15 is 0 Å². The lowest BCUT2D eigenvalue weighted by molar-refractivity contribution is -0.384. The van der Waals surface area contributed by atoms with Crippen molar-refractivity contribution in [3.63, 3.8) is 0 Å². The lowest BCUT2D eigenvalue weighted by atomic mass is 10.1. The maximum absolute atomic E-state index is 10.6. The number of nitriles is 1. The van der Waals surface area contributed by atoms with Gasteiger partial charge in [0, 0.05) is 30.7 Å². The standard InChI is InChI=1S/C12H11N3O2/c1-14-5-3-2-4-10-6-11(9-13)8-12(7-10)15(16)17/h6-8,14H,3,5H2,1H3. The number of nitrogens with zero attached hydrogens (tertiary/aromatic N) is 2. The molecule has 0 aliphatic carbocycles. The van der Waals surface area contributed by atoms with Gasteiger partial charge in [-0.25, -0.2) is 0 Å². The highest BCUT2D eigenvalue weighted by Gasteiger charge is 2.08. The number of nitrogens with one attached hydrogen (secondary N) is 1. The van der Waals surface area contributed by atoms with E-state index in [-0.39, 0.29) is 11.3 Å². The van der Waals surface area contributed by atoms with E-state index in [1.807, 2.05) is 13.1 Å². The van der Waals surface area contributed by atoms with Crippen LogP contribution in [0.2, 0.25) is 0 Å². The Kier molecular flexibility index (Phi) is 4.68. The molecule has 0 heterocycles. The second-order valence-corrected chi connectivity index (χ2v) is 3.29. The summed E-state index contributed by atoms with van der Waals surface area (Å²) in [7, 11) is 1.82. The summed E-state index contributed by atoms with van der Waals surface area (Å²) in [5.74, 6) is 5.68. The summed E-state index contributed by atoms with van der Waals surface area (Å²) in [5, 5.41) is 22.3. The molecule has 86 valence electrons. The van der Waals surface area contributed by atoms with Crippen molar-refractivity contribution in [1.82, 2.24) is 5.32 Å². The van der Waals surface area contributed by atoms with E-state index in [1.54, 1.807) is 6.07 Å². The number of non-ortho nitro benzene ring substituents is 1. The summed E-state index contributed by atoms with van der Waals surface area (Å²) in [6, 6.07) is 6.02. The normalized spacial score (nSPS) is 8.94. The lowest BCUT2D eigenvalue weighted by Gasteiger charge is -1.94. The predicted molar refractivity (Wildman–Crippen MR) is 63.2 cm³/mol. The van der Waals surface area contributed by atoms with Crippen LogP contribution in [0.15, 0.2) is 18.2 Å². The molecule has 17 heavy (non-hydrogen) atoms. The Morgan fingerprint density at radius 1 is 1.41 bits per heavy atom. The quantitative estimate of drug-likeness (QED) is 0.368. The number of hydrogen-bond acceptors (Lipinski definition) is 4. The molecule has 0 saturated heterocycles. The van der Waals surface area contributed by atoms with E-state index in [0.29, 0.717) is 12.0 Å². The smallest absolute Gasteiger partial charge is 0.271 e. The van der Waals surface area contributed by atoms with Gasteiger partial charge in [-0.05, 0) is 13.1 Å². The third kappa shape index (κ3) is 3.94. The number of hydrogen-bond donors (Lipinski definition) is 1. The molecule has 0 amide bonds. The zero-order valence-electron chi connectivity index (χ0n) is 9.36. The molecule has 1 rings (SSSR count). The van der Waals surface area contributed by atoms with Gasteiger partial charge < -0.3 is 5.32 Å². The summed E-state index contributed by atoms with van der Waals surface area (Å²) in [4.78, 5) is 10.1. The fourth-order valence-corrected chi connectivity index (χ4v) is 1.21. The van der Waals surface area contributed by atoms with Crippen molar-refractivity contribution in [2.75, 3.05) is 13.6 Å². The maximum atomic E-state index is 10.6. The van der Waals surface area contributed by atoms with E-state index in [9.17, 15) is 10.1 Å². The summed E-state index contributed by atoms with van der Waals surface area (Å²) in [5.41, 5.74) is 0.630. The van der Waals surface area contributed by atoms with E-state index in [0.717, 1.165) is 6.54 Å². The summed E-state index contributed by atoms with van der Waals surface area (Å²) in [6.45, 7) is 0.757. The van der Waals surface area contributed by atoms with Crippen molar-refractivity contribution >= 4 is 5.69 Å². The summed E-state index contributed by atoms with van der Waals surface area (Å²) < 4.78 is 0. The summed E-state index contributed by atoms with van der Waals surface area (Å²) >= 11 is 0.